The molecule has 1 N–H and O–H groups in total. The van der Waals surface area contributed by atoms with E-state index in [2.05, 4.69) is 20.1 Å². The van der Waals surface area contributed by atoms with Crippen molar-refractivity contribution in [2.75, 3.05) is 26.2 Å². The normalized spacial score (nSPS) is 19.2. The smallest absolute Gasteiger partial charge is 0.370 e. The standard InChI is InChI=1S/C20H25F3N6O.HI/c1-2-24-19(25-12-18-27-26-17-7-4-8-29(17)18)28-9-10-30-16(13-28)14-5-3-6-15(11-14)20(21,22)23;/h3,5-6,11,16H,2,4,7-10,12-13H2,1H3,(H,24,25);1H. The van der Waals surface area contributed by atoms with E-state index in [0.29, 0.717) is 44.3 Å². The molecule has 1 aromatic carbocycles. The van der Waals surface area contributed by atoms with E-state index in [0.717, 1.165) is 43.2 Å². The van der Waals surface area contributed by atoms with E-state index in [1.54, 1.807) is 6.07 Å². The van der Waals surface area contributed by atoms with Crippen molar-refractivity contribution in [2.45, 2.75) is 45.1 Å². The fraction of sp³-hybridized carbons (Fsp3) is 0.550. The summed E-state index contributed by atoms with van der Waals surface area (Å²) in [5.41, 5.74) is -0.150. The zero-order valence-corrected chi connectivity index (χ0v) is 19.6. The summed E-state index contributed by atoms with van der Waals surface area (Å²) in [6.45, 7) is 5.42. The zero-order valence-electron chi connectivity index (χ0n) is 17.2. The molecular formula is C20H26F3IN6O. The fourth-order valence-corrected chi connectivity index (χ4v) is 3.86. The predicted octanol–water partition coefficient (Wildman–Crippen LogP) is 3.40. The molecule has 0 radical (unpaired) electrons. The number of alkyl halides is 3. The Bertz CT molecular complexity index is 917. The van der Waals surface area contributed by atoms with Crippen LogP contribution in [0.5, 0.6) is 0 Å². The molecule has 0 aliphatic carbocycles. The molecule has 1 saturated heterocycles. The maximum atomic E-state index is 13.1. The highest BCUT2D eigenvalue weighted by atomic mass is 127. The van der Waals surface area contributed by atoms with Gasteiger partial charge in [-0.05, 0) is 31.0 Å². The maximum Gasteiger partial charge on any atom is 0.416 e. The second-order valence-electron chi connectivity index (χ2n) is 7.39. The lowest BCUT2D eigenvalue weighted by Crippen LogP contribution is -2.48. The van der Waals surface area contributed by atoms with E-state index in [1.807, 2.05) is 11.8 Å². The fourth-order valence-electron chi connectivity index (χ4n) is 3.86. The number of aryl methyl sites for hydroxylation is 1. The number of benzene rings is 1. The third-order valence-corrected chi connectivity index (χ3v) is 5.34. The highest BCUT2D eigenvalue weighted by Crippen LogP contribution is 2.32. The molecule has 1 atom stereocenters. The largest absolute Gasteiger partial charge is 0.416 e. The van der Waals surface area contributed by atoms with Gasteiger partial charge >= 0.3 is 6.18 Å². The van der Waals surface area contributed by atoms with Crippen LogP contribution in [0.15, 0.2) is 29.3 Å². The van der Waals surface area contributed by atoms with Gasteiger partial charge in [0.05, 0.1) is 18.7 Å². The van der Waals surface area contributed by atoms with Gasteiger partial charge in [0.25, 0.3) is 0 Å². The van der Waals surface area contributed by atoms with E-state index in [4.69, 9.17) is 9.73 Å². The highest BCUT2D eigenvalue weighted by molar-refractivity contribution is 14.0. The number of ether oxygens (including phenoxy) is 1. The van der Waals surface area contributed by atoms with Crippen LogP contribution in [-0.4, -0.2) is 51.9 Å². The van der Waals surface area contributed by atoms with Crippen molar-refractivity contribution < 1.29 is 17.9 Å². The van der Waals surface area contributed by atoms with Crippen molar-refractivity contribution in [3.05, 3.63) is 47.0 Å². The van der Waals surface area contributed by atoms with Gasteiger partial charge in [-0.3, -0.25) is 0 Å². The van der Waals surface area contributed by atoms with Crippen LogP contribution < -0.4 is 5.32 Å². The lowest BCUT2D eigenvalue weighted by atomic mass is 10.0. The van der Waals surface area contributed by atoms with Gasteiger partial charge in [-0.2, -0.15) is 13.2 Å². The van der Waals surface area contributed by atoms with Crippen LogP contribution in [0.4, 0.5) is 13.2 Å². The van der Waals surface area contributed by atoms with Crippen LogP contribution >= 0.6 is 24.0 Å². The average Bonchev–Trinajstić information content (AvgIpc) is 3.35. The minimum atomic E-state index is -4.38. The number of aliphatic imine (C=N–C) groups is 1. The van der Waals surface area contributed by atoms with E-state index in [9.17, 15) is 13.2 Å². The van der Waals surface area contributed by atoms with Gasteiger partial charge in [-0.25, -0.2) is 4.99 Å². The average molecular weight is 550 g/mol. The molecule has 170 valence electrons. The predicted molar refractivity (Wildman–Crippen MR) is 120 cm³/mol. The number of hydrogen-bond acceptors (Lipinski definition) is 4. The van der Waals surface area contributed by atoms with Gasteiger partial charge in [-0.1, -0.05) is 12.1 Å². The Labute approximate surface area is 196 Å². The molecular weight excluding hydrogens is 524 g/mol. The third-order valence-electron chi connectivity index (χ3n) is 5.34. The van der Waals surface area contributed by atoms with Crippen molar-refractivity contribution in [3.8, 4) is 0 Å². The van der Waals surface area contributed by atoms with Crippen molar-refractivity contribution in [1.82, 2.24) is 25.0 Å². The summed E-state index contributed by atoms with van der Waals surface area (Å²) in [6.07, 6.45) is -2.82. The van der Waals surface area contributed by atoms with Crippen LogP contribution in [0.1, 0.15) is 42.2 Å². The lowest BCUT2D eigenvalue weighted by molar-refractivity contribution is -0.137. The monoisotopic (exact) mass is 550 g/mol. The summed E-state index contributed by atoms with van der Waals surface area (Å²) in [7, 11) is 0. The molecule has 11 heteroatoms. The molecule has 2 aliphatic heterocycles. The minimum Gasteiger partial charge on any atom is -0.370 e. The molecule has 1 aromatic heterocycles. The summed E-state index contributed by atoms with van der Waals surface area (Å²) in [5.74, 6) is 2.54. The molecule has 2 aromatic rings. The summed E-state index contributed by atoms with van der Waals surface area (Å²) in [6, 6.07) is 5.34. The van der Waals surface area contributed by atoms with Crippen molar-refractivity contribution >= 4 is 29.9 Å². The number of fused-ring (bicyclic) bond motifs is 1. The van der Waals surface area contributed by atoms with E-state index in [1.165, 1.54) is 6.07 Å². The Morgan fingerprint density at radius 3 is 2.90 bits per heavy atom. The first-order valence-electron chi connectivity index (χ1n) is 10.2. The Kier molecular flexibility index (Phi) is 7.78. The van der Waals surface area contributed by atoms with Crippen LogP contribution in [-0.2, 0) is 30.4 Å². The number of guanidine groups is 1. The van der Waals surface area contributed by atoms with Crippen molar-refractivity contribution in [3.63, 3.8) is 0 Å². The molecule has 4 rings (SSSR count). The number of aromatic nitrogens is 3. The van der Waals surface area contributed by atoms with Crippen LogP contribution in [0.25, 0.3) is 0 Å². The maximum absolute atomic E-state index is 13.1. The minimum absolute atomic E-state index is 0. The molecule has 1 unspecified atom stereocenters. The molecule has 3 heterocycles. The molecule has 0 saturated carbocycles. The number of nitrogens with zero attached hydrogens (tertiary/aromatic N) is 5. The van der Waals surface area contributed by atoms with Gasteiger partial charge in [0.15, 0.2) is 11.8 Å². The van der Waals surface area contributed by atoms with Gasteiger partial charge in [0, 0.05) is 26.1 Å². The molecule has 1 fully saturated rings. The first kappa shape index (κ1) is 23.8. The Morgan fingerprint density at radius 2 is 2.13 bits per heavy atom. The van der Waals surface area contributed by atoms with Crippen molar-refractivity contribution in [1.29, 1.82) is 0 Å². The zero-order chi connectivity index (χ0) is 21.1. The molecule has 0 amide bonds. The number of morpholine rings is 1. The Balaban J connectivity index is 0.00000272. The number of halogens is 4. The van der Waals surface area contributed by atoms with Gasteiger partial charge in [-0.15, -0.1) is 34.2 Å². The molecule has 7 nitrogen and oxygen atoms in total. The topological polar surface area (TPSA) is 67.6 Å². The lowest BCUT2D eigenvalue weighted by Gasteiger charge is -2.35. The number of nitrogens with one attached hydrogen (secondary N) is 1. The first-order chi connectivity index (χ1) is 14.5. The highest BCUT2D eigenvalue weighted by Gasteiger charge is 2.32. The summed E-state index contributed by atoms with van der Waals surface area (Å²) >= 11 is 0. The van der Waals surface area contributed by atoms with E-state index in [-0.39, 0.29) is 24.0 Å². The molecule has 2 aliphatic rings. The van der Waals surface area contributed by atoms with Crippen LogP contribution in [0, 0.1) is 0 Å². The SMILES string of the molecule is CCNC(=NCc1nnc2n1CCC2)N1CCOC(c2cccc(C(F)(F)F)c2)C1.I. The summed E-state index contributed by atoms with van der Waals surface area (Å²) < 4.78 is 47.1. The molecule has 0 bridgehead atoms. The third kappa shape index (κ3) is 5.48. The van der Waals surface area contributed by atoms with Crippen molar-refractivity contribution in [2.24, 2.45) is 4.99 Å². The van der Waals surface area contributed by atoms with Gasteiger partial charge in [0.2, 0.25) is 0 Å². The van der Waals surface area contributed by atoms with Crippen LogP contribution in [0.2, 0.25) is 0 Å². The second-order valence-corrected chi connectivity index (χ2v) is 7.39. The second kappa shape index (κ2) is 10.2. The van der Waals surface area contributed by atoms with Gasteiger partial charge in [0.1, 0.15) is 18.5 Å². The number of rotatable bonds is 4. The number of hydrogen-bond donors (Lipinski definition) is 1. The van der Waals surface area contributed by atoms with E-state index < -0.39 is 17.8 Å². The quantitative estimate of drug-likeness (QED) is 0.359. The molecule has 0 spiro atoms. The van der Waals surface area contributed by atoms with E-state index >= 15 is 0 Å². The molecule has 31 heavy (non-hydrogen) atoms. The first-order valence-corrected chi connectivity index (χ1v) is 10.2. The van der Waals surface area contributed by atoms with Crippen LogP contribution in [0.3, 0.4) is 0 Å². The van der Waals surface area contributed by atoms with Gasteiger partial charge < -0.3 is 19.5 Å². The Hall–Kier alpha value is -1.89. The summed E-state index contributed by atoms with van der Waals surface area (Å²) in [4.78, 5) is 6.74. The Morgan fingerprint density at radius 1 is 1.29 bits per heavy atom. The summed E-state index contributed by atoms with van der Waals surface area (Å²) in [5, 5.41) is 11.7.